The molecule has 0 unspecified atom stereocenters. The van der Waals surface area contributed by atoms with Crippen LogP contribution in [0.25, 0.3) is 0 Å². The number of aromatic nitrogens is 1. The lowest BCUT2D eigenvalue weighted by Gasteiger charge is -2.36. The third kappa shape index (κ3) is 4.67. The Morgan fingerprint density at radius 1 is 1.05 bits per heavy atom. The van der Waals surface area contributed by atoms with E-state index in [4.69, 9.17) is 9.88 Å². The molecule has 0 saturated carbocycles. The van der Waals surface area contributed by atoms with Crippen LogP contribution in [0.15, 0.2) is 63.2 Å². The van der Waals surface area contributed by atoms with E-state index in [1.54, 1.807) is 24.3 Å². The fourth-order valence-corrected chi connectivity index (χ4v) is 8.38. The third-order valence-corrected chi connectivity index (χ3v) is 10.6. The second-order valence-electron chi connectivity index (χ2n) is 9.65. The van der Waals surface area contributed by atoms with Crippen molar-refractivity contribution >= 4 is 62.2 Å². The normalized spacial score (nSPS) is 19.9. The lowest BCUT2D eigenvalue weighted by Crippen LogP contribution is -2.41. The van der Waals surface area contributed by atoms with Gasteiger partial charge >= 0.3 is 4.87 Å². The zero-order chi connectivity index (χ0) is 28.3. The van der Waals surface area contributed by atoms with Crippen molar-refractivity contribution in [2.24, 2.45) is 11.1 Å². The minimum atomic E-state index is -3.88. The lowest BCUT2D eigenvalue weighted by atomic mass is 9.76. The number of hydrogen-bond acceptors (Lipinski definition) is 9. The molecule has 3 amide bonds. The number of anilines is 2. The van der Waals surface area contributed by atoms with Gasteiger partial charge in [0.1, 0.15) is 17.5 Å². The van der Waals surface area contributed by atoms with Gasteiger partial charge in [0.25, 0.3) is 0 Å². The molecule has 0 aliphatic carbocycles. The molecule has 1 fully saturated rings. The molecule has 204 valence electrons. The minimum absolute atomic E-state index is 0.101. The van der Waals surface area contributed by atoms with Crippen LogP contribution < -0.4 is 25.0 Å². The number of nitrogens with zero attached hydrogens (tertiary/aromatic N) is 2. The number of carbonyl (C=O) groups is 3. The van der Waals surface area contributed by atoms with Crippen LogP contribution in [0.3, 0.4) is 0 Å². The molecular formula is C25H24N4O7S3. The Balaban J connectivity index is 1.41. The average molecular weight is 589 g/mol. The zero-order valence-electron chi connectivity index (χ0n) is 21.0. The topological polar surface area (TPSA) is 158 Å². The van der Waals surface area contributed by atoms with E-state index in [2.05, 4.69) is 5.32 Å². The number of fused-ring (bicyclic) bond motifs is 2. The van der Waals surface area contributed by atoms with Gasteiger partial charge in [-0.05, 0) is 48.5 Å². The number of carbonyl (C=O) groups excluding carboxylic acids is 3. The van der Waals surface area contributed by atoms with E-state index in [9.17, 15) is 27.6 Å². The Morgan fingerprint density at radius 2 is 1.69 bits per heavy atom. The first kappa shape index (κ1) is 27.1. The Hall–Kier alpha value is -3.46. The molecule has 3 aromatic rings. The summed E-state index contributed by atoms with van der Waals surface area (Å²) in [5.41, 5.74) is -0.0802. The van der Waals surface area contributed by atoms with Gasteiger partial charge in [-0.25, -0.2) is 18.5 Å². The van der Waals surface area contributed by atoms with Gasteiger partial charge in [0.05, 0.1) is 28.6 Å². The molecule has 2 aliphatic heterocycles. The fourth-order valence-electron chi connectivity index (χ4n) is 4.82. The minimum Gasteiger partial charge on any atom is -0.497 e. The SMILES string of the molecule is COc1ccc(N2C(=O)[C@H]3Sc4c(sc(=O)n4CC(=O)Nc4ccc(S(N)(=O)=O)cc4)C(C)(C)[C@H]3C2=O)cc1. The number of thioether (sulfide) groups is 1. The molecule has 14 heteroatoms. The van der Waals surface area contributed by atoms with Gasteiger partial charge in [0, 0.05) is 16.0 Å². The van der Waals surface area contributed by atoms with E-state index >= 15 is 0 Å². The first-order chi connectivity index (χ1) is 18.3. The van der Waals surface area contributed by atoms with E-state index in [1.807, 2.05) is 13.8 Å². The number of primary sulfonamides is 1. The van der Waals surface area contributed by atoms with Crippen LogP contribution in [0.4, 0.5) is 11.4 Å². The smallest absolute Gasteiger partial charge is 0.308 e. The van der Waals surface area contributed by atoms with E-state index < -0.39 is 32.5 Å². The maximum atomic E-state index is 13.6. The van der Waals surface area contributed by atoms with Crippen molar-refractivity contribution < 1.29 is 27.5 Å². The molecule has 3 heterocycles. The molecule has 1 saturated heterocycles. The van der Waals surface area contributed by atoms with Crippen LogP contribution >= 0.6 is 23.1 Å². The van der Waals surface area contributed by atoms with Crippen molar-refractivity contribution in [2.45, 2.75) is 41.0 Å². The highest BCUT2D eigenvalue weighted by atomic mass is 32.2. The van der Waals surface area contributed by atoms with Gasteiger partial charge in [0.15, 0.2) is 0 Å². The van der Waals surface area contributed by atoms with Crippen LogP contribution in [0.2, 0.25) is 0 Å². The van der Waals surface area contributed by atoms with Crippen LogP contribution in [-0.2, 0) is 36.4 Å². The van der Waals surface area contributed by atoms with E-state index in [1.165, 1.54) is 40.8 Å². The summed E-state index contributed by atoms with van der Waals surface area (Å²) >= 11 is 2.08. The van der Waals surface area contributed by atoms with E-state index in [0.717, 1.165) is 23.1 Å². The number of benzene rings is 2. The number of imide groups is 1. The van der Waals surface area contributed by atoms with Gasteiger partial charge in [-0.2, -0.15) is 0 Å². The highest BCUT2D eigenvalue weighted by Gasteiger charge is 2.59. The second-order valence-corrected chi connectivity index (χ2v) is 13.3. The van der Waals surface area contributed by atoms with E-state index in [0.29, 0.717) is 27.0 Å². The van der Waals surface area contributed by atoms with Gasteiger partial charge in [-0.3, -0.25) is 23.7 Å². The quantitative estimate of drug-likeness (QED) is 0.415. The van der Waals surface area contributed by atoms with Crippen LogP contribution in [0.5, 0.6) is 5.75 Å². The number of methoxy groups -OCH3 is 1. The van der Waals surface area contributed by atoms with Gasteiger partial charge < -0.3 is 10.1 Å². The first-order valence-electron chi connectivity index (χ1n) is 11.7. The fraction of sp³-hybridized carbons (Fsp3) is 0.280. The number of sulfonamides is 1. The van der Waals surface area contributed by atoms with Crippen molar-refractivity contribution in [3.63, 3.8) is 0 Å². The van der Waals surface area contributed by atoms with Crippen molar-refractivity contribution in [3.05, 3.63) is 63.1 Å². The maximum Gasteiger partial charge on any atom is 0.308 e. The highest BCUT2D eigenvalue weighted by Crippen LogP contribution is 2.54. The summed E-state index contributed by atoms with van der Waals surface area (Å²) in [6, 6.07) is 11.9. The first-order valence-corrected chi connectivity index (χ1v) is 14.9. The zero-order valence-corrected chi connectivity index (χ0v) is 23.5. The summed E-state index contributed by atoms with van der Waals surface area (Å²) in [4.78, 5) is 54.2. The van der Waals surface area contributed by atoms with Crippen molar-refractivity contribution in [1.29, 1.82) is 0 Å². The highest BCUT2D eigenvalue weighted by molar-refractivity contribution is 8.00. The number of nitrogens with one attached hydrogen (secondary N) is 1. The molecule has 0 spiro atoms. The van der Waals surface area contributed by atoms with Crippen LogP contribution in [-0.4, -0.2) is 43.1 Å². The summed E-state index contributed by atoms with van der Waals surface area (Å²) in [5, 5.41) is 7.45. The molecule has 0 radical (unpaired) electrons. The monoisotopic (exact) mass is 588 g/mol. The summed E-state index contributed by atoms with van der Waals surface area (Å²) < 4.78 is 29.4. The molecular weight excluding hydrogens is 564 g/mol. The standard InChI is InChI=1S/C25H24N4O7S3/c1-25(2)18-19(22(32)29(21(18)31)14-6-8-15(36-3)9-7-14)37-23-20(25)38-24(33)28(23)12-17(30)27-13-4-10-16(11-5-13)39(26,34)35/h4-11,18-19H,12H2,1-3H3,(H,27,30)(H2,26,34,35)/t18-,19+/m1/s1. The number of hydrogen-bond donors (Lipinski definition) is 2. The molecule has 39 heavy (non-hydrogen) atoms. The summed E-state index contributed by atoms with van der Waals surface area (Å²) in [5.74, 6) is -1.35. The number of ether oxygens (including phenoxy) is 1. The number of rotatable bonds is 6. The molecule has 5 rings (SSSR count). The number of amides is 3. The predicted molar refractivity (Wildman–Crippen MR) is 147 cm³/mol. The summed E-state index contributed by atoms with van der Waals surface area (Å²) in [6.07, 6.45) is 0. The average Bonchev–Trinajstić information content (AvgIpc) is 3.33. The molecule has 2 atom stereocenters. The molecule has 0 bridgehead atoms. The summed E-state index contributed by atoms with van der Waals surface area (Å²) in [7, 11) is -2.35. The molecule has 1 aromatic heterocycles. The third-order valence-electron chi connectivity index (χ3n) is 6.80. The second kappa shape index (κ2) is 9.62. The molecule has 3 N–H and O–H groups in total. The van der Waals surface area contributed by atoms with Crippen LogP contribution in [0, 0.1) is 5.92 Å². The molecule has 2 aliphatic rings. The Labute approximate surface area is 232 Å². The van der Waals surface area contributed by atoms with Gasteiger partial charge in [-0.1, -0.05) is 36.9 Å². The van der Waals surface area contributed by atoms with Crippen molar-refractivity contribution in [2.75, 3.05) is 17.3 Å². The number of nitrogens with two attached hydrogens (primary N) is 1. The van der Waals surface area contributed by atoms with Crippen LogP contribution in [0.1, 0.15) is 18.7 Å². The Bertz CT molecular complexity index is 1660. The van der Waals surface area contributed by atoms with Crippen molar-refractivity contribution in [1.82, 2.24) is 4.57 Å². The van der Waals surface area contributed by atoms with Crippen molar-refractivity contribution in [3.8, 4) is 5.75 Å². The van der Waals surface area contributed by atoms with Gasteiger partial charge in [-0.15, -0.1) is 0 Å². The van der Waals surface area contributed by atoms with Gasteiger partial charge in [0.2, 0.25) is 27.7 Å². The Morgan fingerprint density at radius 3 is 2.28 bits per heavy atom. The van der Waals surface area contributed by atoms with E-state index in [-0.39, 0.29) is 28.1 Å². The summed E-state index contributed by atoms with van der Waals surface area (Å²) in [6.45, 7) is 3.34. The lowest BCUT2D eigenvalue weighted by molar-refractivity contribution is -0.123. The predicted octanol–water partition coefficient (Wildman–Crippen LogP) is 2.15. The molecule has 11 nitrogen and oxygen atoms in total. The number of thiazole rings is 1. The maximum absolute atomic E-state index is 13.6. The molecule has 2 aromatic carbocycles. The Kier molecular flexibility index (Phi) is 6.69. The largest absolute Gasteiger partial charge is 0.497 e.